The second-order valence-corrected chi connectivity index (χ2v) is 6.14. The van der Waals surface area contributed by atoms with Gasteiger partial charge in [-0.1, -0.05) is 13.0 Å². The summed E-state index contributed by atoms with van der Waals surface area (Å²) in [6.45, 7) is 4.37. The highest BCUT2D eigenvalue weighted by atomic mass is 16.3. The number of rotatable bonds is 7. The molecule has 1 aliphatic rings. The molecule has 1 aromatic rings. The topological polar surface area (TPSA) is 78.4 Å². The van der Waals surface area contributed by atoms with Gasteiger partial charge in [-0.3, -0.25) is 9.59 Å². The van der Waals surface area contributed by atoms with E-state index in [2.05, 4.69) is 10.6 Å². The van der Waals surface area contributed by atoms with Gasteiger partial charge >= 0.3 is 0 Å². The molecule has 1 saturated carbocycles. The van der Waals surface area contributed by atoms with Crippen molar-refractivity contribution in [2.75, 3.05) is 13.2 Å². The van der Waals surface area contributed by atoms with E-state index < -0.39 is 5.54 Å². The van der Waals surface area contributed by atoms with Crippen LogP contribution in [-0.4, -0.2) is 35.6 Å². The normalized spacial score (nSPS) is 16.7. The Balaban J connectivity index is 2.08. The molecule has 0 heterocycles. The van der Waals surface area contributed by atoms with Gasteiger partial charge in [-0.05, 0) is 50.3 Å². The lowest BCUT2D eigenvalue weighted by molar-refractivity contribution is 0.0824. The monoisotopic (exact) mass is 304 g/mol. The quantitative estimate of drug-likeness (QED) is 0.717. The molecule has 0 aromatic heterocycles. The standard InChI is InChI=1S/C17H24N2O3/c1-3-9-18-15(21)12-5-4-6-13(10-12)16(22)19-17(2,11-20)14-7-8-14/h4-6,10,14,20H,3,7-9,11H2,1-2H3,(H,18,21)(H,19,22). The number of aliphatic hydroxyl groups excluding tert-OH is 1. The first-order chi connectivity index (χ1) is 10.5. The van der Waals surface area contributed by atoms with Gasteiger partial charge in [0.1, 0.15) is 0 Å². The van der Waals surface area contributed by atoms with Crippen LogP contribution < -0.4 is 10.6 Å². The summed E-state index contributed by atoms with van der Waals surface area (Å²) >= 11 is 0. The Bertz CT molecular complexity index is 555. The molecule has 1 aliphatic carbocycles. The van der Waals surface area contributed by atoms with Crippen LogP contribution in [0.3, 0.4) is 0 Å². The molecule has 5 heteroatoms. The molecule has 120 valence electrons. The molecular formula is C17H24N2O3. The molecule has 1 unspecified atom stereocenters. The molecule has 2 amide bonds. The summed E-state index contributed by atoms with van der Waals surface area (Å²) in [7, 11) is 0. The molecule has 0 saturated heterocycles. The van der Waals surface area contributed by atoms with E-state index in [0.717, 1.165) is 19.3 Å². The van der Waals surface area contributed by atoms with Gasteiger partial charge < -0.3 is 15.7 Å². The SMILES string of the molecule is CCCNC(=O)c1cccc(C(=O)NC(C)(CO)C2CC2)c1. The number of carbonyl (C=O) groups excluding carboxylic acids is 2. The largest absolute Gasteiger partial charge is 0.394 e. The molecule has 3 N–H and O–H groups in total. The minimum absolute atomic E-state index is 0.0833. The van der Waals surface area contributed by atoms with E-state index in [4.69, 9.17) is 0 Å². The summed E-state index contributed by atoms with van der Waals surface area (Å²) in [5.41, 5.74) is 0.320. The average molecular weight is 304 g/mol. The lowest BCUT2D eigenvalue weighted by atomic mass is 9.96. The van der Waals surface area contributed by atoms with E-state index in [-0.39, 0.29) is 18.4 Å². The molecule has 22 heavy (non-hydrogen) atoms. The molecule has 0 radical (unpaired) electrons. The van der Waals surface area contributed by atoms with Crippen molar-refractivity contribution < 1.29 is 14.7 Å². The van der Waals surface area contributed by atoms with Crippen molar-refractivity contribution in [2.24, 2.45) is 5.92 Å². The van der Waals surface area contributed by atoms with Crippen LogP contribution in [0, 0.1) is 5.92 Å². The van der Waals surface area contributed by atoms with Crippen LogP contribution in [0.1, 0.15) is 53.8 Å². The van der Waals surface area contributed by atoms with Crippen LogP contribution >= 0.6 is 0 Å². The minimum atomic E-state index is -0.586. The Kier molecular flexibility index (Phi) is 5.19. The predicted octanol–water partition coefficient (Wildman–Crippen LogP) is 1.72. The van der Waals surface area contributed by atoms with Crippen molar-refractivity contribution in [1.29, 1.82) is 0 Å². The number of hydrogen-bond acceptors (Lipinski definition) is 3. The van der Waals surface area contributed by atoms with E-state index in [1.165, 1.54) is 0 Å². The van der Waals surface area contributed by atoms with Gasteiger partial charge in [0.25, 0.3) is 11.8 Å². The van der Waals surface area contributed by atoms with Gasteiger partial charge in [0.15, 0.2) is 0 Å². The van der Waals surface area contributed by atoms with Crippen LogP contribution in [-0.2, 0) is 0 Å². The summed E-state index contributed by atoms with van der Waals surface area (Å²) in [6, 6.07) is 6.65. The first kappa shape index (κ1) is 16.5. The molecule has 5 nitrogen and oxygen atoms in total. The van der Waals surface area contributed by atoms with Crippen molar-refractivity contribution in [3.63, 3.8) is 0 Å². The van der Waals surface area contributed by atoms with Crippen LogP contribution in [0.5, 0.6) is 0 Å². The Morgan fingerprint density at radius 3 is 2.45 bits per heavy atom. The second-order valence-electron chi connectivity index (χ2n) is 6.14. The van der Waals surface area contributed by atoms with Gasteiger partial charge in [-0.2, -0.15) is 0 Å². The number of hydrogen-bond donors (Lipinski definition) is 3. The zero-order chi connectivity index (χ0) is 16.2. The van der Waals surface area contributed by atoms with Crippen LogP contribution in [0.4, 0.5) is 0 Å². The fraction of sp³-hybridized carbons (Fsp3) is 0.529. The van der Waals surface area contributed by atoms with Crippen molar-refractivity contribution in [2.45, 2.75) is 38.6 Å². The van der Waals surface area contributed by atoms with Crippen molar-refractivity contribution in [3.8, 4) is 0 Å². The van der Waals surface area contributed by atoms with E-state index in [0.29, 0.717) is 23.6 Å². The zero-order valence-electron chi connectivity index (χ0n) is 13.2. The van der Waals surface area contributed by atoms with Gasteiger partial charge in [-0.15, -0.1) is 0 Å². The summed E-state index contributed by atoms with van der Waals surface area (Å²) < 4.78 is 0. The summed E-state index contributed by atoms with van der Waals surface area (Å²) in [5, 5.41) is 15.3. The first-order valence-corrected chi connectivity index (χ1v) is 7.82. The maximum Gasteiger partial charge on any atom is 0.251 e. The van der Waals surface area contributed by atoms with Crippen LogP contribution in [0.25, 0.3) is 0 Å². The molecular weight excluding hydrogens is 280 g/mol. The summed E-state index contributed by atoms with van der Waals surface area (Å²) in [6.07, 6.45) is 2.91. The molecule has 0 spiro atoms. The van der Waals surface area contributed by atoms with Crippen molar-refractivity contribution in [1.82, 2.24) is 10.6 Å². The number of amides is 2. The van der Waals surface area contributed by atoms with E-state index >= 15 is 0 Å². The Morgan fingerprint density at radius 1 is 1.27 bits per heavy atom. The zero-order valence-corrected chi connectivity index (χ0v) is 13.2. The highest BCUT2D eigenvalue weighted by molar-refractivity contribution is 5.99. The number of aliphatic hydroxyl groups is 1. The Labute approximate surface area is 131 Å². The number of benzene rings is 1. The third-order valence-corrected chi connectivity index (χ3v) is 4.13. The lowest BCUT2D eigenvalue weighted by Gasteiger charge is -2.28. The lowest BCUT2D eigenvalue weighted by Crippen LogP contribution is -2.50. The molecule has 1 atom stereocenters. The smallest absolute Gasteiger partial charge is 0.251 e. The number of nitrogens with one attached hydrogen (secondary N) is 2. The highest BCUT2D eigenvalue weighted by Crippen LogP contribution is 2.39. The molecule has 0 bridgehead atoms. The Morgan fingerprint density at radius 2 is 1.91 bits per heavy atom. The Hall–Kier alpha value is -1.88. The predicted molar refractivity (Wildman–Crippen MR) is 84.7 cm³/mol. The van der Waals surface area contributed by atoms with Gasteiger partial charge in [0.05, 0.1) is 12.1 Å². The first-order valence-electron chi connectivity index (χ1n) is 7.82. The highest BCUT2D eigenvalue weighted by Gasteiger charge is 2.42. The maximum absolute atomic E-state index is 12.4. The molecule has 1 aromatic carbocycles. The van der Waals surface area contributed by atoms with Gasteiger partial charge in [-0.25, -0.2) is 0 Å². The van der Waals surface area contributed by atoms with Gasteiger partial charge in [0.2, 0.25) is 0 Å². The van der Waals surface area contributed by atoms with E-state index in [1.54, 1.807) is 24.3 Å². The van der Waals surface area contributed by atoms with Crippen LogP contribution in [0.15, 0.2) is 24.3 Å². The summed E-state index contributed by atoms with van der Waals surface area (Å²) in [5.74, 6) is -0.102. The molecule has 0 aliphatic heterocycles. The third-order valence-electron chi connectivity index (χ3n) is 4.13. The molecule has 1 fully saturated rings. The van der Waals surface area contributed by atoms with Crippen molar-refractivity contribution >= 4 is 11.8 Å². The third kappa shape index (κ3) is 3.85. The van der Waals surface area contributed by atoms with Crippen molar-refractivity contribution in [3.05, 3.63) is 35.4 Å². The maximum atomic E-state index is 12.4. The average Bonchev–Trinajstić information content (AvgIpc) is 3.37. The van der Waals surface area contributed by atoms with E-state index in [1.807, 2.05) is 13.8 Å². The van der Waals surface area contributed by atoms with Gasteiger partial charge in [0, 0.05) is 17.7 Å². The fourth-order valence-corrected chi connectivity index (χ4v) is 2.46. The summed E-state index contributed by atoms with van der Waals surface area (Å²) in [4.78, 5) is 24.3. The number of carbonyl (C=O) groups is 2. The second kappa shape index (κ2) is 6.92. The molecule has 2 rings (SSSR count). The fourth-order valence-electron chi connectivity index (χ4n) is 2.46. The minimum Gasteiger partial charge on any atom is -0.394 e. The van der Waals surface area contributed by atoms with E-state index in [9.17, 15) is 14.7 Å². The van der Waals surface area contributed by atoms with Crippen LogP contribution in [0.2, 0.25) is 0 Å².